The van der Waals surface area contributed by atoms with E-state index >= 15 is 0 Å². The van der Waals surface area contributed by atoms with Crippen LogP contribution < -0.4 is 5.32 Å². The maximum absolute atomic E-state index is 11.4. The SMILES string of the molecule is CC1SC(CN2CCNCC2)CC1=O. The van der Waals surface area contributed by atoms with Crippen molar-refractivity contribution in [1.82, 2.24) is 10.2 Å². The number of thioether (sulfide) groups is 1. The zero-order valence-corrected chi connectivity index (χ0v) is 9.48. The standard InChI is InChI=1S/C10H18N2OS/c1-8-10(13)6-9(14-8)7-12-4-2-11-3-5-12/h8-9,11H,2-7H2,1H3. The van der Waals surface area contributed by atoms with Crippen LogP contribution >= 0.6 is 11.8 Å². The van der Waals surface area contributed by atoms with Gasteiger partial charge in [-0.25, -0.2) is 0 Å². The van der Waals surface area contributed by atoms with Crippen LogP contribution in [0.25, 0.3) is 0 Å². The van der Waals surface area contributed by atoms with Crippen LogP contribution in [0.3, 0.4) is 0 Å². The molecule has 2 unspecified atom stereocenters. The smallest absolute Gasteiger partial charge is 0.146 e. The highest BCUT2D eigenvalue weighted by Crippen LogP contribution is 2.31. The molecule has 0 aromatic carbocycles. The Morgan fingerprint density at radius 3 is 2.79 bits per heavy atom. The largest absolute Gasteiger partial charge is 0.314 e. The number of rotatable bonds is 2. The molecule has 2 rings (SSSR count). The van der Waals surface area contributed by atoms with Gasteiger partial charge < -0.3 is 5.32 Å². The van der Waals surface area contributed by atoms with Crippen molar-refractivity contribution in [2.75, 3.05) is 32.7 Å². The number of nitrogens with one attached hydrogen (secondary N) is 1. The number of hydrogen-bond acceptors (Lipinski definition) is 4. The van der Waals surface area contributed by atoms with E-state index in [9.17, 15) is 4.79 Å². The maximum atomic E-state index is 11.4. The Labute approximate surface area is 89.6 Å². The monoisotopic (exact) mass is 214 g/mol. The topological polar surface area (TPSA) is 32.3 Å². The minimum absolute atomic E-state index is 0.239. The summed E-state index contributed by atoms with van der Waals surface area (Å²) in [6.45, 7) is 7.61. The summed E-state index contributed by atoms with van der Waals surface area (Å²) in [5.41, 5.74) is 0. The van der Waals surface area contributed by atoms with E-state index in [1.54, 1.807) is 0 Å². The van der Waals surface area contributed by atoms with E-state index in [2.05, 4.69) is 10.2 Å². The van der Waals surface area contributed by atoms with Crippen molar-refractivity contribution in [3.05, 3.63) is 0 Å². The second kappa shape index (κ2) is 4.64. The second-order valence-electron chi connectivity index (χ2n) is 4.12. The number of nitrogens with zero attached hydrogens (tertiary/aromatic N) is 1. The van der Waals surface area contributed by atoms with Crippen LogP contribution in [0.2, 0.25) is 0 Å². The fraction of sp³-hybridized carbons (Fsp3) is 0.900. The summed E-state index contributed by atoms with van der Waals surface area (Å²) in [4.78, 5) is 13.8. The first-order chi connectivity index (χ1) is 6.75. The van der Waals surface area contributed by atoms with Gasteiger partial charge in [0.25, 0.3) is 0 Å². The summed E-state index contributed by atoms with van der Waals surface area (Å²) in [7, 11) is 0. The molecule has 0 amide bonds. The van der Waals surface area contributed by atoms with Crippen molar-refractivity contribution in [1.29, 1.82) is 0 Å². The lowest BCUT2D eigenvalue weighted by Gasteiger charge is -2.29. The Kier molecular flexibility index (Phi) is 3.47. The highest BCUT2D eigenvalue weighted by atomic mass is 32.2. The molecular formula is C10H18N2OS. The molecule has 2 aliphatic rings. The number of hydrogen-bond donors (Lipinski definition) is 1. The van der Waals surface area contributed by atoms with E-state index in [1.165, 1.54) is 0 Å². The van der Waals surface area contributed by atoms with Crippen LogP contribution in [0.5, 0.6) is 0 Å². The number of carbonyl (C=O) groups excluding carboxylic acids is 1. The third-order valence-corrected chi connectivity index (χ3v) is 4.32. The molecule has 14 heavy (non-hydrogen) atoms. The average Bonchev–Trinajstić information content (AvgIpc) is 2.47. The molecule has 2 atom stereocenters. The average molecular weight is 214 g/mol. The Hall–Kier alpha value is -0.0600. The van der Waals surface area contributed by atoms with Gasteiger partial charge in [0.1, 0.15) is 5.78 Å². The molecule has 2 fully saturated rings. The fourth-order valence-electron chi connectivity index (χ4n) is 2.09. The van der Waals surface area contributed by atoms with Gasteiger partial charge in [0.15, 0.2) is 0 Å². The molecule has 0 aromatic rings. The number of Topliss-reactive ketones (excluding diaryl/α,β-unsaturated/α-hetero) is 1. The van der Waals surface area contributed by atoms with Gasteiger partial charge in [0, 0.05) is 44.4 Å². The van der Waals surface area contributed by atoms with Gasteiger partial charge >= 0.3 is 0 Å². The lowest BCUT2D eigenvalue weighted by molar-refractivity contribution is -0.117. The summed E-state index contributed by atoms with van der Waals surface area (Å²) < 4.78 is 0. The number of carbonyl (C=O) groups is 1. The lowest BCUT2D eigenvalue weighted by Crippen LogP contribution is -2.45. The first kappa shape index (κ1) is 10.5. The normalized spacial score (nSPS) is 35.1. The third kappa shape index (κ3) is 2.49. The van der Waals surface area contributed by atoms with Crippen LogP contribution in [0, 0.1) is 0 Å². The summed E-state index contributed by atoms with van der Waals surface area (Å²) >= 11 is 1.86. The van der Waals surface area contributed by atoms with Crippen molar-refractivity contribution in [3.63, 3.8) is 0 Å². The van der Waals surface area contributed by atoms with E-state index in [1.807, 2.05) is 18.7 Å². The molecule has 0 bridgehead atoms. The summed E-state index contributed by atoms with van der Waals surface area (Å²) in [6.07, 6.45) is 0.787. The second-order valence-corrected chi connectivity index (χ2v) is 5.77. The molecule has 4 heteroatoms. The molecule has 2 heterocycles. The van der Waals surface area contributed by atoms with Crippen molar-refractivity contribution in [2.24, 2.45) is 0 Å². The minimum atomic E-state index is 0.239. The molecule has 0 aliphatic carbocycles. The summed E-state index contributed by atoms with van der Waals surface area (Å²) in [6, 6.07) is 0. The lowest BCUT2D eigenvalue weighted by atomic mass is 10.2. The van der Waals surface area contributed by atoms with Crippen LogP contribution in [-0.2, 0) is 4.79 Å². The van der Waals surface area contributed by atoms with E-state index < -0.39 is 0 Å². The van der Waals surface area contributed by atoms with Crippen molar-refractivity contribution in [2.45, 2.75) is 23.8 Å². The molecule has 80 valence electrons. The molecular weight excluding hydrogens is 196 g/mol. The van der Waals surface area contributed by atoms with Gasteiger partial charge in [-0.2, -0.15) is 0 Å². The fourth-order valence-corrected chi connectivity index (χ4v) is 3.48. The molecule has 0 spiro atoms. The quantitative estimate of drug-likeness (QED) is 0.719. The summed E-state index contributed by atoms with van der Waals surface area (Å²) in [5, 5.41) is 4.13. The Bertz CT molecular complexity index is 216. The highest BCUT2D eigenvalue weighted by molar-refractivity contribution is 8.01. The highest BCUT2D eigenvalue weighted by Gasteiger charge is 2.31. The van der Waals surface area contributed by atoms with E-state index in [-0.39, 0.29) is 5.25 Å². The number of piperazine rings is 1. The van der Waals surface area contributed by atoms with Gasteiger partial charge in [-0.05, 0) is 6.92 Å². The van der Waals surface area contributed by atoms with Crippen LogP contribution in [0.1, 0.15) is 13.3 Å². The molecule has 0 saturated carbocycles. The van der Waals surface area contributed by atoms with Crippen molar-refractivity contribution < 1.29 is 4.79 Å². The minimum Gasteiger partial charge on any atom is -0.314 e. The molecule has 3 nitrogen and oxygen atoms in total. The van der Waals surface area contributed by atoms with Gasteiger partial charge in [0.05, 0.1) is 5.25 Å². The van der Waals surface area contributed by atoms with Gasteiger partial charge in [-0.1, -0.05) is 0 Å². The Morgan fingerprint density at radius 1 is 1.50 bits per heavy atom. The van der Waals surface area contributed by atoms with Crippen LogP contribution in [0.15, 0.2) is 0 Å². The van der Waals surface area contributed by atoms with Gasteiger partial charge in [-0.15, -0.1) is 11.8 Å². The van der Waals surface area contributed by atoms with E-state index in [0.717, 1.165) is 39.1 Å². The van der Waals surface area contributed by atoms with Crippen molar-refractivity contribution >= 4 is 17.5 Å². The molecule has 0 aromatic heterocycles. The first-order valence-corrected chi connectivity index (χ1v) is 6.31. The summed E-state index contributed by atoms with van der Waals surface area (Å²) in [5.74, 6) is 0.440. The zero-order chi connectivity index (χ0) is 9.97. The number of ketones is 1. The Morgan fingerprint density at radius 2 is 2.21 bits per heavy atom. The van der Waals surface area contributed by atoms with Crippen LogP contribution in [-0.4, -0.2) is 53.9 Å². The first-order valence-electron chi connectivity index (χ1n) is 5.37. The third-order valence-electron chi connectivity index (χ3n) is 2.95. The maximum Gasteiger partial charge on any atom is 0.146 e. The predicted octanol–water partition coefficient (Wildman–Crippen LogP) is 0.355. The van der Waals surface area contributed by atoms with Gasteiger partial charge in [-0.3, -0.25) is 9.69 Å². The molecule has 2 saturated heterocycles. The van der Waals surface area contributed by atoms with Gasteiger partial charge in [0.2, 0.25) is 0 Å². The molecule has 0 radical (unpaired) electrons. The van der Waals surface area contributed by atoms with E-state index in [0.29, 0.717) is 11.0 Å². The van der Waals surface area contributed by atoms with E-state index in [4.69, 9.17) is 0 Å². The van der Waals surface area contributed by atoms with Crippen LogP contribution in [0.4, 0.5) is 0 Å². The Balaban J connectivity index is 1.77. The zero-order valence-electron chi connectivity index (χ0n) is 8.66. The van der Waals surface area contributed by atoms with Crippen molar-refractivity contribution in [3.8, 4) is 0 Å². The predicted molar refractivity (Wildman–Crippen MR) is 59.8 cm³/mol. The molecule has 2 aliphatic heterocycles. The molecule has 1 N–H and O–H groups in total.